The highest BCUT2D eigenvalue weighted by Gasteiger charge is 2.44. The number of carbonyl (C=O) groups is 2. The van der Waals surface area contributed by atoms with Gasteiger partial charge in [0.15, 0.2) is 0 Å². The van der Waals surface area contributed by atoms with Gasteiger partial charge in [-0.3, -0.25) is 4.79 Å². The van der Waals surface area contributed by atoms with E-state index in [2.05, 4.69) is 5.32 Å². The van der Waals surface area contributed by atoms with Crippen molar-refractivity contribution >= 4 is 12.0 Å². The van der Waals surface area contributed by atoms with Gasteiger partial charge in [-0.25, -0.2) is 4.79 Å². The van der Waals surface area contributed by atoms with Crippen molar-refractivity contribution in [3.63, 3.8) is 0 Å². The summed E-state index contributed by atoms with van der Waals surface area (Å²) in [5, 5.41) is 12.2. The van der Waals surface area contributed by atoms with Gasteiger partial charge in [0.25, 0.3) is 0 Å². The molecule has 0 aromatic carbocycles. The van der Waals surface area contributed by atoms with Crippen molar-refractivity contribution in [2.75, 3.05) is 13.1 Å². The van der Waals surface area contributed by atoms with Crippen LogP contribution in [0.2, 0.25) is 0 Å². The van der Waals surface area contributed by atoms with E-state index in [0.717, 1.165) is 19.3 Å². The standard InChI is InChI=1S/C14H26N2O3/c1-5-8-15-12(17)10-7-6-9-16(13(18)19)11(10)14(2,3)4/h10-11H,5-9H2,1-4H3,(H,15,17)(H,18,19). The van der Waals surface area contributed by atoms with E-state index in [0.29, 0.717) is 13.1 Å². The lowest BCUT2D eigenvalue weighted by Crippen LogP contribution is -2.57. The van der Waals surface area contributed by atoms with Crippen molar-refractivity contribution in [3.8, 4) is 0 Å². The molecule has 1 fully saturated rings. The molecule has 0 saturated carbocycles. The number of carboxylic acid groups (broad SMARTS) is 1. The topological polar surface area (TPSA) is 69.6 Å². The van der Waals surface area contributed by atoms with Gasteiger partial charge in [0, 0.05) is 13.1 Å². The second kappa shape index (κ2) is 6.26. The molecule has 0 aliphatic carbocycles. The Labute approximate surface area is 115 Å². The summed E-state index contributed by atoms with van der Waals surface area (Å²) < 4.78 is 0. The average Bonchev–Trinajstić information content (AvgIpc) is 2.33. The van der Waals surface area contributed by atoms with Gasteiger partial charge in [-0.2, -0.15) is 0 Å². The second-order valence-corrected chi connectivity index (χ2v) is 6.33. The largest absolute Gasteiger partial charge is 0.465 e. The number of piperidine rings is 1. The molecule has 1 heterocycles. The molecule has 0 aromatic heterocycles. The molecule has 5 nitrogen and oxygen atoms in total. The smallest absolute Gasteiger partial charge is 0.407 e. The fraction of sp³-hybridized carbons (Fsp3) is 0.857. The maximum absolute atomic E-state index is 12.3. The summed E-state index contributed by atoms with van der Waals surface area (Å²) in [4.78, 5) is 25.1. The predicted molar refractivity (Wildman–Crippen MR) is 74.0 cm³/mol. The molecule has 0 spiro atoms. The van der Waals surface area contributed by atoms with Crippen LogP contribution < -0.4 is 5.32 Å². The summed E-state index contributed by atoms with van der Waals surface area (Å²) in [6, 6.07) is -0.254. The first kappa shape index (κ1) is 15.8. The Morgan fingerprint density at radius 1 is 1.37 bits per heavy atom. The Kier molecular flexibility index (Phi) is 5.20. The molecule has 1 rings (SSSR count). The first-order valence-electron chi connectivity index (χ1n) is 7.06. The molecule has 110 valence electrons. The fourth-order valence-electron chi connectivity index (χ4n) is 2.94. The summed E-state index contributed by atoms with van der Waals surface area (Å²) in [6.45, 7) is 9.18. The van der Waals surface area contributed by atoms with Crippen LogP contribution in [0.5, 0.6) is 0 Å². The Morgan fingerprint density at radius 2 is 2.00 bits per heavy atom. The molecule has 1 aliphatic heterocycles. The fourth-order valence-corrected chi connectivity index (χ4v) is 2.94. The van der Waals surface area contributed by atoms with Crippen LogP contribution in [0.4, 0.5) is 4.79 Å². The third kappa shape index (κ3) is 3.85. The van der Waals surface area contributed by atoms with E-state index in [9.17, 15) is 14.7 Å². The number of nitrogens with one attached hydrogen (secondary N) is 1. The van der Waals surface area contributed by atoms with Gasteiger partial charge in [-0.05, 0) is 24.7 Å². The van der Waals surface area contributed by atoms with E-state index in [1.165, 1.54) is 4.90 Å². The van der Waals surface area contributed by atoms with Gasteiger partial charge in [0.1, 0.15) is 0 Å². The molecule has 19 heavy (non-hydrogen) atoms. The summed E-state index contributed by atoms with van der Waals surface area (Å²) in [5.74, 6) is -0.246. The lowest BCUT2D eigenvalue weighted by molar-refractivity contribution is -0.130. The summed E-state index contributed by atoms with van der Waals surface area (Å²) in [7, 11) is 0. The molecule has 0 bridgehead atoms. The SMILES string of the molecule is CCCNC(=O)C1CCCN(C(=O)O)C1C(C)(C)C. The lowest BCUT2D eigenvalue weighted by Gasteiger charge is -2.46. The molecule has 2 atom stereocenters. The average molecular weight is 270 g/mol. The Morgan fingerprint density at radius 3 is 2.47 bits per heavy atom. The molecule has 1 aliphatic rings. The van der Waals surface area contributed by atoms with Gasteiger partial charge in [-0.15, -0.1) is 0 Å². The third-order valence-electron chi connectivity index (χ3n) is 3.65. The number of likely N-dealkylation sites (tertiary alicyclic amines) is 1. The normalized spacial score (nSPS) is 24.1. The summed E-state index contributed by atoms with van der Waals surface area (Å²) in [5.41, 5.74) is -0.243. The van der Waals surface area contributed by atoms with Crippen LogP contribution in [-0.4, -0.2) is 41.1 Å². The van der Waals surface area contributed by atoms with Gasteiger partial charge < -0.3 is 15.3 Å². The zero-order chi connectivity index (χ0) is 14.6. The van der Waals surface area contributed by atoms with Crippen LogP contribution in [0.15, 0.2) is 0 Å². The Hall–Kier alpha value is -1.26. The van der Waals surface area contributed by atoms with Crippen molar-refractivity contribution < 1.29 is 14.7 Å². The molecule has 1 saturated heterocycles. The van der Waals surface area contributed by atoms with Crippen molar-refractivity contribution in [1.82, 2.24) is 10.2 Å². The van der Waals surface area contributed by atoms with E-state index in [-0.39, 0.29) is 23.3 Å². The first-order chi connectivity index (χ1) is 8.79. The minimum Gasteiger partial charge on any atom is -0.465 e. The minimum atomic E-state index is -0.923. The first-order valence-corrected chi connectivity index (χ1v) is 7.06. The van der Waals surface area contributed by atoms with Crippen molar-refractivity contribution in [3.05, 3.63) is 0 Å². The van der Waals surface area contributed by atoms with E-state index in [1.807, 2.05) is 27.7 Å². The third-order valence-corrected chi connectivity index (χ3v) is 3.65. The van der Waals surface area contributed by atoms with Gasteiger partial charge >= 0.3 is 6.09 Å². The number of carbonyl (C=O) groups excluding carboxylic acids is 1. The number of rotatable bonds is 3. The van der Waals surface area contributed by atoms with Crippen molar-refractivity contribution in [2.24, 2.45) is 11.3 Å². The van der Waals surface area contributed by atoms with Gasteiger partial charge in [0.2, 0.25) is 5.91 Å². The molecule has 2 amide bonds. The quantitative estimate of drug-likeness (QED) is 0.827. The Balaban J connectivity index is 2.93. The molecular formula is C14H26N2O3. The highest BCUT2D eigenvalue weighted by molar-refractivity contribution is 5.80. The van der Waals surface area contributed by atoms with Gasteiger partial charge in [0.05, 0.1) is 12.0 Å². The summed E-state index contributed by atoms with van der Waals surface area (Å²) >= 11 is 0. The molecule has 2 unspecified atom stereocenters. The number of amides is 2. The monoisotopic (exact) mass is 270 g/mol. The van der Waals surface area contributed by atoms with Crippen LogP contribution in [-0.2, 0) is 4.79 Å². The molecule has 2 N–H and O–H groups in total. The second-order valence-electron chi connectivity index (χ2n) is 6.33. The number of nitrogens with zero attached hydrogens (tertiary/aromatic N) is 1. The number of hydrogen-bond acceptors (Lipinski definition) is 2. The zero-order valence-corrected chi connectivity index (χ0v) is 12.4. The Bertz CT molecular complexity index is 336. The molecular weight excluding hydrogens is 244 g/mol. The van der Waals surface area contributed by atoms with Crippen LogP contribution in [0.1, 0.15) is 47.0 Å². The van der Waals surface area contributed by atoms with Crippen molar-refractivity contribution in [2.45, 2.75) is 53.0 Å². The molecule has 0 radical (unpaired) electrons. The highest BCUT2D eigenvalue weighted by Crippen LogP contribution is 2.36. The zero-order valence-electron chi connectivity index (χ0n) is 12.4. The summed E-state index contributed by atoms with van der Waals surface area (Å²) in [6.07, 6.45) is 1.49. The maximum atomic E-state index is 12.3. The van der Waals surface area contributed by atoms with E-state index < -0.39 is 6.09 Å². The molecule has 5 heteroatoms. The van der Waals surface area contributed by atoms with Crippen LogP contribution in [0.25, 0.3) is 0 Å². The number of hydrogen-bond donors (Lipinski definition) is 2. The van der Waals surface area contributed by atoms with Crippen LogP contribution in [0.3, 0.4) is 0 Å². The van der Waals surface area contributed by atoms with E-state index >= 15 is 0 Å². The highest BCUT2D eigenvalue weighted by atomic mass is 16.4. The molecule has 0 aromatic rings. The van der Waals surface area contributed by atoms with E-state index in [4.69, 9.17) is 0 Å². The lowest BCUT2D eigenvalue weighted by atomic mass is 9.73. The van der Waals surface area contributed by atoms with E-state index in [1.54, 1.807) is 0 Å². The maximum Gasteiger partial charge on any atom is 0.407 e. The minimum absolute atomic E-state index is 0.00674. The van der Waals surface area contributed by atoms with Gasteiger partial charge in [-0.1, -0.05) is 27.7 Å². The van der Waals surface area contributed by atoms with Crippen LogP contribution in [0, 0.1) is 11.3 Å². The van der Waals surface area contributed by atoms with Crippen LogP contribution >= 0.6 is 0 Å². The predicted octanol–water partition coefficient (Wildman–Crippen LogP) is 2.32. The van der Waals surface area contributed by atoms with Crippen molar-refractivity contribution in [1.29, 1.82) is 0 Å².